The predicted molar refractivity (Wildman–Crippen MR) is 126 cm³/mol. The third-order valence-corrected chi connectivity index (χ3v) is 5.91. The van der Waals surface area contributed by atoms with E-state index in [0.29, 0.717) is 19.1 Å². The number of rotatable bonds is 5. The second-order valence-corrected chi connectivity index (χ2v) is 12.3. The average Bonchev–Trinajstić information content (AvgIpc) is 2.92. The van der Waals surface area contributed by atoms with Gasteiger partial charge in [-0.25, -0.2) is 0 Å². The van der Waals surface area contributed by atoms with Crippen LogP contribution in [-0.4, -0.2) is 60.9 Å². The highest BCUT2D eigenvalue weighted by Crippen LogP contribution is 2.48. The second-order valence-electron chi connectivity index (χ2n) is 12.3. The summed E-state index contributed by atoms with van der Waals surface area (Å²) in [6.07, 6.45) is 1.04. The molecule has 0 spiro atoms. The minimum absolute atomic E-state index is 0.0100. The third-order valence-electron chi connectivity index (χ3n) is 5.91. The van der Waals surface area contributed by atoms with Gasteiger partial charge in [0.1, 0.15) is 5.84 Å². The maximum Gasteiger partial charge on any atom is 0.320 e. The van der Waals surface area contributed by atoms with E-state index >= 15 is 0 Å². The van der Waals surface area contributed by atoms with E-state index in [2.05, 4.69) is 72.1 Å². The van der Waals surface area contributed by atoms with Gasteiger partial charge in [-0.1, -0.05) is 62.3 Å². The maximum atomic E-state index is 11.9. The summed E-state index contributed by atoms with van der Waals surface area (Å²) in [5.74, 6) is 1.54. The summed E-state index contributed by atoms with van der Waals surface area (Å²) in [5, 5.41) is 0. The van der Waals surface area contributed by atoms with Gasteiger partial charge < -0.3 is 9.64 Å². The largest absolute Gasteiger partial charge is 0.465 e. The summed E-state index contributed by atoms with van der Waals surface area (Å²) in [5.41, 5.74) is 3.07. The Labute approximate surface area is 184 Å². The summed E-state index contributed by atoms with van der Waals surface area (Å²) < 4.78 is 5.13. The van der Waals surface area contributed by atoms with Crippen molar-refractivity contribution in [3.05, 3.63) is 11.3 Å². The SMILES string of the molecule is CCOC(=O)CN(C)CC1CC2=C(C(C)(C)C)C(C(C)(C)C)N=C(C(C)(C)C)N2C1. The van der Waals surface area contributed by atoms with Crippen LogP contribution in [-0.2, 0) is 9.53 Å². The summed E-state index contributed by atoms with van der Waals surface area (Å²) >= 11 is 0. The van der Waals surface area contributed by atoms with Crippen molar-refractivity contribution in [2.75, 3.05) is 33.3 Å². The van der Waals surface area contributed by atoms with Crippen molar-refractivity contribution in [1.29, 1.82) is 0 Å². The number of carbonyl (C=O) groups excluding carboxylic acids is 1. The monoisotopic (exact) mass is 419 g/mol. The van der Waals surface area contributed by atoms with Crippen LogP contribution >= 0.6 is 0 Å². The van der Waals surface area contributed by atoms with Crippen molar-refractivity contribution in [3.8, 4) is 0 Å². The van der Waals surface area contributed by atoms with Gasteiger partial charge in [0.25, 0.3) is 0 Å². The molecule has 1 fully saturated rings. The molecule has 0 bridgehead atoms. The molecule has 0 aromatic heterocycles. The highest BCUT2D eigenvalue weighted by atomic mass is 16.5. The summed E-state index contributed by atoms with van der Waals surface area (Å²) in [6.45, 7) is 25.2. The molecule has 0 aliphatic carbocycles. The fourth-order valence-corrected chi connectivity index (χ4v) is 4.82. The van der Waals surface area contributed by atoms with Crippen LogP contribution in [0.3, 0.4) is 0 Å². The molecule has 172 valence electrons. The Morgan fingerprint density at radius 1 is 1.10 bits per heavy atom. The minimum atomic E-state index is -0.143. The Morgan fingerprint density at radius 3 is 2.17 bits per heavy atom. The Balaban J connectivity index is 2.39. The fraction of sp³-hybridized carbons (Fsp3) is 0.840. The lowest BCUT2D eigenvalue weighted by molar-refractivity contribution is -0.144. The number of allylic oxidation sites excluding steroid dienone is 1. The average molecular weight is 420 g/mol. The number of fused-ring (bicyclic) bond motifs is 1. The van der Waals surface area contributed by atoms with E-state index in [1.54, 1.807) is 0 Å². The highest BCUT2D eigenvalue weighted by molar-refractivity contribution is 5.90. The number of amidine groups is 1. The molecule has 2 aliphatic heterocycles. The summed E-state index contributed by atoms with van der Waals surface area (Å²) in [4.78, 5) is 21.9. The normalized spacial score (nSPS) is 23.1. The quantitative estimate of drug-likeness (QED) is 0.590. The molecule has 5 nitrogen and oxygen atoms in total. The molecule has 2 unspecified atom stereocenters. The van der Waals surface area contributed by atoms with Gasteiger partial charge in [-0.05, 0) is 42.7 Å². The smallest absolute Gasteiger partial charge is 0.320 e. The topological polar surface area (TPSA) is 45.1 Å². The molecule has 0 saturated carbocycles. The Kier molecular flexibility index (Phi) is 7.18. The number of likely N-dealkylation sites (N-methyl/N-ethyl adjacent to an activating group) is 1. The molecular formula is C25H45N3O2. The van der Waals surface area contributed by atoms with Crippen LogP contribution in [0.1, 0.15) is 75.7 Å². The molecule has 30 heavy (non-hydrogen) atoms. The number of nitrogens with zero attached hydrogens (tertiary/aromatic N) is 3. The van der Waals surface area contributed by atoms with Crippen molar-refractivity contribution < 1.29 is 9.53 Å². The van der Waals surface area contributed by atoms with Gasteiger partial charge >= 0.3 is 5.97 Å². The zero-order valence-corrected chi connectivity index (χ0v) is 21.3. The summed E-state index contributed by atoms with van der Waals surface area (Å²) in [6, 6.07) is 0.189. The van der Waals surface area contributed by atoms with E-state index in [0.717, 1.165) is 19.5 Å². The molecule has 1 saturated heterocycles. The maximum absolute atomic E-state index is 11.9. The molecule has 0 amide bonds. The lowest BCUT2D eigenvalue weighted by Crippen LogP contribution is -2.47. The number of aliphatic imine (C=N–C) groups is 1. The molecule has 0 aromatic rings. The van der Waals surface area contributed by atoms with Gasteiger partial charge in [0, 0.05) is 24.2 Å². The van der Waals surface area contributed by atoms with Crippen molar-refractivity contribution in [1.82, 2.24) is 9.80 Å². The first-order chi connectivity index (χ1) is 13.6. The molecular weight excluding hydrogens is 374 g/mol. The van der Waals surface area contributed by atoms with Crippen molar-refractivity contribution >= 4 is 11.8 Å². The fourth-order valence-electron chi connectivity index (χ4n) is 4.82. The van der Waals surface area contributed by atoms with Gasteiger partial charge in [0.05, 0.1) is 19.2 Å². The van der Waals surface area contributed by atoms with Crippen LogP contribution in [0.5, 0.6) is 0 Å². The van der Waals surface area contributed by atoms with Crippen molar-refractivity contribution in [2.45, 2.75) is 81.7 Å². The number of carbonyl (C=O) groups is 1. The van der Waals surface area contributed by atoms with Gasteiger partial charge in [0.15, 0.2) is 0 Å². The Morgan fingerprint density at radius 2 is 1.70 bits per heavy atom. The van der Waals surface area contributed by atoms with Crippen LogP contribution in [0.2, 0.25) is 0 Å². The standard InChI is InChI=1S/C25H45N3O2/c1-12-30-19(29)16-27(11)14-17-13-18-20(23(2,3)4)21(24(5,6)7)26-22(25(8,9)10)28(18)15-17/h17,21H,12-16H2,1-11H3. The third kappa shape index (κ3) is 5.66. The Bertz CT molecular complexity index is 701. The molecule has 2 aliphatic rings. The number of esters is 1. The van der Waals surface area contributed by atoms with E-state index < -0.39 is 0 Å². The van der Waals surface area contributed by atoms with Gasteiger partial charge in [-0.3, -0.25) is 14.7 Å². The predicted octanol–water partition coefficient (Wildman–Crippen LogP) is 4.98. The van der Waals surface area contributed by atoms with Crippen LogP contribution in [0.4, 0.5) is 0 Å². The van der Waals surface area contributed by atoms with Crippen molar-refractivity contribution in [3.63, 3.8) is 0 Å². The second kappa shape index (κ2) is 8.64. The van der Waals surface area contributed by atoms with Gasteiger partial charge in [-0.2, -0.15) is 0 Å². The molecule has 2 atom stereocenters. The Hall–Kier alpha value is -1.36. The van der Waals surface area contributed by atoms with Crippen LogP contribution in [0.25, 0.3) is 0 Å². The lowest BCUT2D eigenvalue weighted by Gasteiger charge is -2.45. The molecule has 2 heterocycles. The number of hydrogen-bond donors (Lipinski definition) is 0. The van der Waals surface area contributed by atoms with E-state index in [9.17, 15) is 4.79 Å². The molecule has 2 rings (SSSR count). The van der Waals surface area contributed by atoms with E-state index in [4.69, 9.17) is 9.73 Å². The number of hydrogen-bond acceptors (Lipinski definition) is 5. The molecule has 5 heteroatoms. The minimum Gasteiger partial charge on any atom is -0.465 e. The van der Waals surface area contributed by atoms with E-state index in [-0.39, 0.29) is 28.3 Å². The number of ether oxygens (including phenoxy) is 1. The zero-order chi connectivity index (χ0) is 23.1. The van der Waals surface area contributed by atoms with Gasteiger partial charge in [-0.15, -0.1) is 0 Å². The lowest BCUT2D eigenvalue weighted by atomic mass is 9.70. The first kappa shape index (κ1) is 24.9. The molecule has 0 aromatic carbocycles. The first-order valence-electron chi connectivity index (χ1n) is 11.5. The molecule has 0 N–H and O–H groups in total. The van der Waals surface area contributed by atoms with E-state index in [1.165, 1.54) is 17.1 Å². The van der Waals surface area contributed by atoms with Crippen LogP contribution in [0.15, 0.2) is 16.3 Å². The van der Waals surface area contributed by atoms with Crippen molar-refractivity contribution in [2.24, 2.45) is 27.2 Å². The summed E-state index contributed by atoms with van der Waals surface area (Å²) in [7, 11) is 2.02. The van der Waals surface area contributed by atoms with E-state index in [1.807, 2.05) is 14.0 Å². The highest BCUT2D eigenvalue weighted by Gasteiger charge is 2.46. The molecule has 0 radical (unpaired) electrons. The first-order valence-corrected chi connectivity index (χ1v) is 11.5. The van der Waals surface area contributed by atoms with Gasteiger partial charge in [0.2, 0.25) is 0 Å². The van der Waals surface area contributed by atoms with Crippen LogP contribution in [0, 0.1) is 22.2 Å². The van der Waals surface area contributed by atoms with Crippen LogP contribution < -0.4 is 0 Å². The zero-order valence-electron chi connectivity index (χ0n) is 21.3.